The summed E-state index contributed by atoms with van der Waals surface area (Å²) in [4.78, 5) is 0. The van der Waals surface area contributed by atoms with Gasteiger partial charge < -0.3 is 10.4 Å². The Morgan fingerprint density at radius 2 is 1.94 bits per heavy atom. The molecule has 1 aliphatic heterocycles. The summed E-state index contributed by atoms with van der Waals surface area (Å²) < 4.78 is 25.2. The third-order valence-electron chi connectivity index (χ3n) is 3.11. The number of benzene rings is 1. The number of halogens is 2. The first-order chi connectivity index (χ1) is 7.70. The Balaban J connectivity index is 2.29. The van der Waals surface area contributed by atoms with Crippen LogP contribution in [0.3, 0.4) is 0 Å². The van der Waals surface area contributed by atoms with Crippen LogP contribution in [0.4, 0.5) is 8.78 Å². The largest absolute Gasteiger partial charge is 0.507 e. The van der Waals surface area contributed by atoms with Crippen molar-refractivity contribution in [2.24, 2.45) is 0 Å². The van der Waals surface area contributed by atoms with E-state index in [1.807, 2.05) is 0 Å². The molecule has 88 valence electrons. The van der Waals surface area contributed by atoms with Crippen molar-refractivity contribution in [3.05, 3.63) is 29.3 Å². The zero-order valence-corrected chi connectivity index (χ0v) is 8.92. The summed E-state index contributed by atoms with van der Waals surface area (Å²) in [6, 6.07) is 4.63. The fourth-order valence-electron chi connectivity index (χ4n) is 2.22. The van der Waals surface area contributed by atoms with E-state index in [4.69, 9.17) is 0 Å². The van der Waals surface area contributed by atoms with Crippen LogP contribution in [0.2, 0.25) is 0 Å². The van der Waals surface area contributed by atoms with E-state index in [1.165, 1.54) is 6.07 Å². The molecule has 0 amide bonds. The predicted molar refractivity (Wildman–Crippen MR) is 57.9 cm³/mol. The lowest BCUT2D eigenvalue weighted by atomic mass is 9.88. The van der Waals surface area contributed by atoms with E-state index >= 15 is 0 Å². The summed E-state index contributed by atoms with van der Waals surface area (Å²) in [7, 11) is 0. The SMILES string of the molecule is Oc1c(C(F)F)cccc1C1CCNCC1. The van der Waals surface area contributed by atoms with Crippen molar-refractivity contribution < 1.29 is 13.9 Å². The van der Waals surface area contributed by atoms with Crippen molar-refractivity contribution in [2.75, 3.05) is 13.1 Å². The van der Waals surface area contributed by atoms with E-state index in [9.17, 15) is 13.9 Å². The molecule has 0 spiro atoms. The summed E-state index contributed by atoms with van der Waals surface area (Å²) in [5, 5.41) is 13.0. The van der Waals surface area contributed by atoms with Crippen molar-refractivity contribution in [3.63, 3.8) is 0 Å². The second-order valence-electron chi connectivity index (χ2n) is 4.11. The Labute approximate surface area is 93.3 Å². The van der Waals surface area contributed by atoms with Gasteiger partial charge in [0.15, 0.2) is 0 Å². The summed E-state index contributed by atoms with van der Waals surface area (Å²) in [5.41, 5.74) is 0.412. The van der Waals surface area contributed by atoms with Gasteiger partial charge in [0, 0.05) is 0 Å². The predicted octanol–water partition coefficient (Wildman–Crippen LogP) is 2.80. The van der Waals surface area contributed by atoms with E-state index < -0.39 is 6.43 Å². The first-order valence-electron chi connectivity index (χ1n) is 5.51. The van der Waals surface area contributed by atoms with Gasteiger partial charge in [0.25, 0.3) is 6.43 Å². The molecule has 1 aliphatic rings. The lowest BCUT2D eigenvalue weighted by Crippen LogP contribution is -2.26. The van der Waals surface area contributed by atoms with Gasteiger partial charge in [-0.15, -0.1) is 0 Å². The average molecular weight is 227 g/mol. The molecular weight excluding hydrogens is 212 g/mol. The summed E-state index contributed by atoms with van der Waals surface area (Å²) in [6.45, 7) is 1.76. The average Bonchev–Trinajstić information content (AvgIpc) is 2.30. The van der Waals surface area contributed by atoms with Crippen LogP contribution >= 0.6 is 0 Å². The molecule has 0 atom stereocenters. The number of piperidine rings is 1. The van der Waals surface area contributed by atoms with Crippen LogP contribution in [0.1, 0.15) is 36.3 Å². The quantitative estimate of drug-likeness (QED) is 0.814. The standard InChI is InChI=1S/C12H15F2NO/c13-12(14)10-3-1-2-9(11(10)16)8-4-6-15-7-5-8/h1-3,8,12,15-16H,4-7H2. The summed E-state index contributed by atoms with van der Waals surface area (Å²) >= 11 is 0. The first-order valence-corrected chi connectivity index (χ1v) is 5.51. The number of rotatable bonds is 2. The van der Waals surface area contributed by atoms with E-state index in [2.05, 4.69) is 5.32 Å². The van der Waals surface area contributed by atoms with Crippen LogP contribution in [0.15, 0.2) is 18.2 Å². The van der Waals surface area contributed by atoms with E-state index in [1.54, 1.807) is 12.1 Å². The van der Waals surface area contributed by atoms with Crippen LogP contribution in [-0.4, -0.2) is 18.2 Å². The van der Waals surface area contributed by atoms with Gasteiger partial charge in [0.2, 0.25) is 0 Å². The molecular formula is C12H15F2NO. The maximum Gasteiger partial charge on any atom is 0.267 e. The summed E-state index contributed by atoms with van der Waals surface area (Å²) in [6.07, 6.45) is -0.831. The van der Waals surface area contributed by atoms with Crippen LogP contribution in [0.25, 0.3) is 0 Å². The molecule has 16 heavy (non-hydrogen) atoms. The van der Waals surface area contributed by atoms with Crippen molar-refractivity contribution in [1.82, 2.24) is 5.32 Å². The van der Waals surface area contributed by atoms with Crippen molar-refractivity contribution in [3.8, 4) is 5.75 Å². The zero-order valence-electron chi connectivity index (χ0n) is 8.92. The van der Waals surface area contributed by atoms with E-state index in [-0.39, 0.29) is 17.2 Å². The van der Waals surface area contributed by atoms with Crippen molar-refractivity contribution in [1.29, 1.82) is 0 Å². The smallest absolute Gasteiger partial charge is 0.267 e. The van der Waals surface area contributed by atoms with E-state index in [0.29, 0.717) is 5.56 Å². The minimum atomic E-state index is -2.61. The number of aromatic hydroxyl groups is 1. The molecule has 1 fully saturated rings. The second kappa shape index (κ2) is 4.78. The normalized spacial score (nSPS) is 17.9. The third-order valence-corrected chi connectivity index (χ3v) is 3.11. The molecule has 0 radical (unpaired) electrons. The Bertz CT molecular complexity index is 362. The van der Waals surface area contributed by atoms with Crippen LogP contribution in [0, 0.1) is 0 Å². The molecule has 4 heteroatoms. The van der Waals surface area contributed by atoms with Crippen LogP contribution < -0.4 is 5.32 Å². The van der Waals surface area contributed by atoms with Gasteiger partial charge in [-0.1, -0.05) is 12.1 Å². The molecule has 0 aliphatic carbocycles. The molecule has 0 bridgehead atoms. The lowest BCUT2D eigenvalue weighted by Gasteiger charge is -2.24. The highest BCUT2D eigenvalue weighted by atomic mass is 19.3. The minimum absolute atomic E-state index is 0.194. The number of nitrogens with one attached hydrogen (secondary N) is 1. The molecule has 1 aromatic rings. The van der Waals surface area contributed by atoms with Crippen LogP contribution in [0.5, 0.6) is 5.75 Å². The minimum Gasteiger partial charge on any atom is -0.507 e. The number of para-hydroxylation sites is 1. The summed E-state index contributed by atoms with van der Waals surface area (Å²) in [5.74, 6) is -0.0238. The van der Waals surface area contributed by atoms with Gasteiger partial charge in [-0.25, -0.2) is 8.78 Å². The Hall–Kier alpha value is -1.16. The van der Waals surface area contributed by atoms with Gasteiger partial charge in [0.05, 0.1) is 5.56 Å². The molecule has 0 saturated carbocycles. The Kier molecular flexibility index (Phi) is 3.39. The highest BCUT2D eigenvalue weighted by Crippen LogP contribution is 2.37. The first kappa shape index (κ1) is 11.3. The molecule has 2 nitrogen and oxygen atoms in total. The van der Waals surface area contributed by atoms with Crippen LogP contribution in [-0.2, 0) is 0 Å². The molecule has 2 rings (SSSR count). The van der Waals surface area contributed by atoms with Gasteiger partial charge in [-0.05, 0) is 43.5 Å². The molecule has 1 heterocycles. The number of hydrogen-bond donors (Lipinski definition) is 2. The number of hydrogen-bond acceptors (Lipinski definition) is 2. The monoisotopic (exact) mass is 227 g/mol. The lowest BCUT2D eigenvalue weighted by molar-refractivity contribution is 0.147. The number of phenols is 1. The van der Waals surface area contributed by atoms with Crippen molar-refractivity contribution >= 4 is 0 Å². The Morgan fingerprint density at radius 3 is 2.56 bits per heavy atom. The third kappa shape index (κ3) is 2.16. The molecule has 0 unspecified atom stereocenters. The molecule has 1 aromatic carbocycles. The molecule has 2 N–H and O–H groups in total. The fraction of sp³-hybridized carbons (Fsp3) is 0.500. The highest BCUT2D eigenvalue weighted by molar-refractivity contribution is 5.43. The van der Waals surface area contributed by atoms with Gasteiger partial charge >= 0.3 is 0 Å². The van der Waals surface area contributed by atoms with Gasteiger partial charge in [-0.2, -0.15) is 0 Å². The number of alkyl halides is 2. The van der Waals surface area contributed by atoms with E-state index in [0.717, 1.165) is 25.9 Å². The van der Waals surface area contributed by atoms with Crippen molar-refractivity contribution in [2.45, 2.75) is 25.2 Å². The number of phenolic OH excluding ortho intramolecular Hbond substituents is 1. The molecule has 1 saturated heterocycles. The van der Waals surface area contributed by atoms with Gasteiger partial charge in [-0.3, -0.25) is 0 Å². The second-order valence-corrected chi connectivity index (χ2v) is 4.11. The topological polar surface area (TPSA) is 32.3 Å². The maximum absolute atomic E-state index is 12.6. The highest BCUT2D eigenvalue weighted by Gasteiger charge is 2.22. The molecule has 0 aromatic heterocycles. The van der Waals surface area contributed by atoms with Gasteiger partial charge in [0.1, 0.15) is 5.75 Å². The zero-order chi connectivity index (χ0) is 11.5. The fourth-order valence-corrected chi connectivity index (χ4v) is 2.22. The Morgan fingerprint density at radius 1 is 1.25 bits per heavy atom. The maximum atomic E-state index is 12.6.